The minimum absolute atomic E-state index is 0.0609. The number of carbonyl (C=O) groups excluding carboxylic acids is 1. The minimum Gasteiger partial charge on any atom is -0.387 e. The monoisotopic (exact) mass is 335 g/mol. The van der Waals surface area contributed by atoms with Gasteiger partial charge in [0.15, 0.2) is 0 Å². The molecule has 3 aromatic rings. The van der Waals surface area contributed by atoms with Crippen molar-refractivity contribution >= 4 is 16.9 Å². The molecule has 128 valence electrons. The van der Waals surface area contributed by atoms with Gasteiger partial charge < -0.3 is 14.6 Å². The minimum atomic E-state index is -0.607. The molecule has 2 heterocycles. The molecule has 2 aromatic carbocycles. The molecule has 0 radical (unpaired) electrons. The first-order valence-corrected chi connectivity index (χ1v) is 8.59. The highest BCUT2D eigenvalue weighted by Gasteiger charge is 2.26. The van der Waals surface area contributed by atoms with Crippen molar-refractivity contribution in [3.8, 4) is 0 Å². The van der Waals surface area contributed by atoms with Crippen LogP contribution in [0.15, 0.2) is 48.5 Å². The van der Waals surface area contributed by atoms with Crippen LogP contribution in [0.2, 0.25) is 0 Å². The molecule has 25 heavy (non-hydrogen) atoms. The van der Waals surface area contributed by atoms with E-state index in [1.165, 1.54) is 0 Å². The first-order chi connectivity index (χ1) is 12.1. The Kier molecular flexibility index (Phi) is 4.01. The topological polar surface area (TPSA) is 58.4 Å². The Balaban J connectivity index is 1.49. The summed E-state index contributed by atoms with van der Waals surface area (Å²) in [5, 5.41) is 10.3. The highest BCUT2D eigenvalue weighted by atomic mass is 16.3. The zero-order valence-electron chi connectivity index (χ0n) is 14.2. The van der Waals surface area contributed by atoms with Crippen LogP contribution in [0.4, 0.5) is 0 Å². The predicted octanol–water partition coefficient (Wildman–Crippen LogP) is 2.81. The van der Waals surface area contributed by atoms with Gasteiger partial charge in [-0.15, -0.1) is 0 Å². The summed E-state index contributed by atoms with van der Waals surface area (Å²) in [7, 11) is 0. The molecule has 0 spiro atoms. The Bertz CT molecular complexity index is 932. The number of aromatic nitrogens is 2. The van der Waals surface area contributed by atoms with Crippen molar-refractivity contribution < 1.29 is 9.90 Å². The number of hydrogen-bond acceptors (Lipinski definition) is 3. The molecule has 1 N–H and O–H groups in total. The van der Waals surface area contributed by atoms with E-state index in [9.17, 15) is 9.90 Å². The van der Waals surface area contributed by atoms with Crippen LogP contribution in [0, 0.1) is 6.92 Å². The van der Waals surface area contributed by atoms with Crippen LogP contribution in [-0.4, -0.2) is 32.0 Å². The van der Waals surface area contributed by atoms with Crippen LogP contribution < -0.4 is 0 Å². The van der Waals surface area contributed by atoms with Gasteiger partial charge in [-0.25, -0.2) is 4.98 Å². The SMILES string of the molecule is Cc1nc2ccccc2n1CCC(=O)N1Cc2ccccc2C(O)C1. The largest absolute Gasteiger partial charge is 0.387 e. The molecular formula is C20H21N3O2. The highest BCUT2D eigenvalue weighted by Crippen LogP contribution is 2.26. The molecule has 1 aliphatic rings. The lowest BCUT2D eigenvalue weighted by Crippen LogP contribution is -2.38. The molecule has 1 amide bonds. The van der Waals surface area contributed by atoms with Crippen LogP contribution in [-0.2, 0) is 17.9 Å². The van der Waals surface area contributed by atoms with E-state index in [1.807, 2.05) is 55.5 Å². The summed E-state index contributed by atoms with van der Waals surface area (Å²) in [5.41, 5.74) is 3.97. The normalized spacial score (nSPS) is 16.9. The number of aliphatic hydroxyl groups is 1. The van der Waals surface area contributed by atoms with Crippen LogP contribution >= 0.6 is 0 Å². The molecule has 1 aliphatic heterocycles. The smallest absolute Gasteiger partial charge is 0.224 e. The third-order valence-electron chi connectivity index (χ3n) is 4.92. The lowest BCUT2D eigenvalue weighted by Gasteiger charge is -2.32. The number of rotatable bonds is 3. The average molecular weight is 335 g/mol. The van der Waals surface area contributed by atoms with Gasteiger partial charge in [-0.1, -0.05) is 36.4 Å². The van der Waals surface area contributed by atoms with Crippen LogP contribution in [0.5, 0.6) is 0 Å². The number of aliphatic hydroxyl groups excluding tert-OH is 1. The van der Waals surface area contributed by atoms with Crippen molar-refractivity contribution in [2.24, 2.45) is 0 Å². The Morgan fingerprint density at radius 1 is 1.20 bits per heavy atom. The summed E-state index contributed by atoms with van der Waals surface area (Å²) in [6.07, 6.45) is -0.208. The first kappa shape index (κ1) is 15.8. The molecule has 0 fully saturated rings. The molecule has 0 bridgehead atoms. The number of β-amino-alcohol motifs (C(OH)–C–C–N with tert-alkyl or cyclic N) is 1. The zero-order valence-corrected chi connectivity index (χ0v) is 14.2. The standard InChI is InChI=1S/C20H21N3O2/c1-14-21-17-8-4-5-9-18(17)23(14)11-10-20(25)22-12-15-6-2-3-7-16(15)19(24)13-22/h2-9,19,24H,10-13H2,1H3. The second kappa shape index (κ2) is 6.33. The van der Waals surface area contributed by atoms with Gasteiger partial charge in [-0.3, -0.25) is 4.79 Å². The van der Waals surface area contributed by atoms with Crippen molar-refractivity contribution in [1.29, 1.82) is 0 Å². The second-order valence-electron chi connectivity index (χ2n) is 6.54. The number of fused-ring (bicyclic) bond motifs is 2. The molecule has 1 unspecified atom stereocenters. The molecule has 4 rings (SSSR count). The number of hydrogen-bond donors (Lipinski definition) is 1. The summed E-state index contributed by atoms with van der Waals surface area (Å²) in [6.45, 7) is 3.49. The van der Waals surface area contributed by atoms with E-state index in [4.69, 9.17) is 0 Å². The average Bonchev–Trinajstić information content (AvgIpc) is 2.95. The maximum atomic E-state index is 12.7. The Morgan fingerprint density at radius 3 is 2.84 bits per heavy atom. The fourth-order valence-electron chi connectivity index (χ4n) is 3.61. The summed E-state index contributed by atoms with van der Waals surface area (Å²) in [5.74, 6) is 0.976. The molecule has 0 aliphatic carbocycles. The van der Waals surface area contributed by atoms with Crippen molar-refractivity contribution in [3.05, 3.63) is 65.5 Å². The molecule has 1 aromatic heterocycles. The van der Waals surface area contributed by atoms with Crippen LogP contribution in [0.25, 0.3) is 11.0 Å². The quantitative estimate of drug-likeness (QED) is 0.801. The number of amides is 1. The summed E-state index contributed by atoms with van der Waals surface area (Å²) in [4.78, 5) is 19.0. The van der Waals surface area contributed by atoms with Gasteiger partial charge in [0.2, 0.25) is 5.91 Å². The van der Waals surface area contributed by atoms with Gasteiger partial charge in [-0.2, -0.15) is 0 Å². The Morgan fingerprint density at radius 2 is 1.96 bits per heavy atom. The fourth-order valence-corrected chi connectivity index (χ4v) is 3.61. The molecule has 1 atom stereocenters. The van der Waals surface area contributed by atoms with Crippen molar-refractivity contribution in [1.82, 2.24) is 14.5 Å². The number of nitrogens with zero attached hydrogens (tertiary/aromatic N) is 3. The predicted molar refractivity (Wildman–Crippen MR) is 95.9 cm³/mol. The lowest BCUT2D eigenvalue weighted by molar-refractivity contribution is -0.134. The van der Waals surface area contributed by atoms with Crippen LogP contribution in [0.3, 0.4) is 0 Å². The highest BCUT2D eigenvalue weighted by molar-refractivity contribution is 5.78. The molecule has 5 nitrogen and oxygen atoms in total. The molecular weight excluding hydrogens is 314 g/mol. The molecule has 0 saturated heterocycles. The number of benzene rings is 2. The number of para-hydroxylation sites is 2. The maximum Gasteiger partial charge on any atom is 0.224 e. The first-order valence-electron chi connectivity index (χ1n) is 8.59. The lowest BCUT2D eigenvalue weighted by atomic mass is 9.97. The van der Waals surface area contributed by atoms with Gasteiger partial charge in [0, 0.05) is 19.5 Å². The zero-order chi connectivity index (χ0) is 17.4. The van der Waals surface area contributed by atoms with Crippen molar-refractivity contribution in [2.45, 2.75) is 32.5 Å². The second-order valence-corrected chi connectivity index (χ2v) is 6.54. The van der Waals surface area contributed by atoms with Gasteiger partial charge in [0.05, 0.1) is 23.7 Å². The van der Waals surface area contributed by atoms with E-state index in [0.717, 1.165) is 28.0 Å². The van der Waals surface area contributed by atoms with E-state index in [2.05, 4.69) is 9.55 Å². The third-order valence-corrected chi connectivity index (χ3v) is 4.92. The number of imidazole rings is 1. The number of aryl methyl sites for hydroxylation is 2. The van der Waals surface area contributed by atoms with Gasteiger partial charge in [0.1, 0.15) is 5.82 Å². The summed E-state index contributed by atoms with van der Waals surface area (Å²) in [6, 6.07) is 15.7. The Labute approximate surface area is 146 Å². The van der Waals surface area contributed by atoms with Crippen molar-refractivity contribution in [2.75, 3.05) is 6.54 Å². The van der Waals surface area contributed by atoms with Crippen molar-refractivity contribution in [3.63, 3.8) is 0 Å². The van der Waals surface area contributed by atoms with E-state index in [1.54, 1.807) is 4.90 Å². The summed E-state index contributed by atoms with van der Waals surface area (Å²) < 4.78 is 2.08. The Hall–Kier alpha value is -2.66. The van der Waals surface area contributed by atoms with Crippen LogP contribution in [0.1, 0.15) is 29.5 Å². The van der Waals surface area contributed by atoms with E-state index >= 15 is 0 Å². The van der Waals surface area contributed by atoms with E-state index < -0.39 is 6.10 Å². The fraction of sp³-hybridized carbons (Fsp3) is 0.300. The van der Waals surface area contributed by atoms with Gasteiger partial charge in [-0.05, 0) is 30.2 Å². The molecule has 0 saturated carbocycles. The van der Waals surface area contributed by atoms with E-state index in [-0.39, 0.29) is 5.91 Å². The third kappa shape index (κ3) is 2.91. The van der Waals surface area contributed by atoms with Gasteiger partial charge >= 0.3 is 0 Å². The number of carbonyl (C=O) groups is 1. The van der Waals surface area contributed by atoms with E-state index in [0.29, 0.717) is 26.1 Å². The van der Waals surface area contributed by atoms with Gasteiger partial charge in [0.25, 0.3) is 0 Å². The summed E-state index contributed by atoms with van der Waals surface area (Å²) >= 11 is 0. The molecule has 5 heteroatoms. The maximum absolute atomic E-state index is 12.7.